The van der Waals surface area contributed by atoms with E-state index in [1.54, 1.807) is 35.2 Å². The molecule has 144 valence electrons. The van der Waals surface area contributed by atoms with Crippen molar-refractivity contribution in [2.75, 3.05) is 5.43 Å². The maximum Gasteiger partial charge on any atom is 0.226 e. The number of aromatic nitrogens is 5. The number of carbonyl (C=O) groups excluding carboxylic acids is 1. The van der Waals surface area contributed by atoms with Gasteiger partial charge in [0.15, 0.2) is 17.0 Å². The van der Waals surface area contributed by atoms with Crippen LogP contribution in [0.1, 0.15) is 21.6 Å². The molecule has 9 heteroatoms. The van der Waals surface area contributed by atoms with E-state index in [-0.39, 0.29) is 17.6 Å². The second kappa shape index (κ2) is 8.15. The van der Waals surface area contributed by atoms with Gasteiger partial charge < -0.3 is 4.57 Å². The van der Waals surface area contributed by atoms with Crippen LogP contribution in [0.25, 0.3) is 11.2 Å². The van der Waals surface area contributed by atoms with E-state index in [1.165, 1.54) is 6.33 Å². The van der Waals surface area contributed by atoms with Gasteiger partial charge in [0.2, 0.25) is 11.1 Å². The molecule has 3 heterocycles. The minimum atomic E-state index is -0.161. The summed E-state index contributed by atoms with van der Waals surface area (Å²) in [5, 5.41) is 4.24. The zero-order valence-electron chi connectivity index (χ0n) is 15.5. The number of carbonyl (C=O) groups is 1. The van der Waals surface area contributed by atoms with Gasteiger partial charge in [-0.1, -0.05) is 35.9 Å². The average molecular weight is 406 g/mol. The molecule has 0 radical (unpaired) electrons. The number of ketones is 1. The molecule has 0 aliphatic heterocycles. The smallest absolute Gasteiger partial charge is 0.226 e. The van der Waals surface area contributed by atoms with Crippen molar-refractivity contribution in [3.8, 4) is 0 Å². The van der Waals surface area contributed by atoms with Crippen molar-refractivity contribution in [3.63, 3.8) is 0 Å². The molecule has 0 unspecified atom stereocenters. The Morgan fingerprint density at radius 3 is 2.90 bits per heavy atom. The number of halogens is 1. The van der Waals surface area contributed by atoms with E-state index in [0.717, 1.165) is 11.1 Å². The first-order valence-electron chi connectivity index (χ1n) is 8.78. The summed E-state index contributed by atoms with van der Waals surface area (Å²) in [7, 11) is 0. The first kappa shape index (κ1) is 18.7. The van der Waals surface area contributed by atoms with Crippen molar-refractivity contribution in [1.29, 1.82) is 0 Å². The van der Waals surface area contributed by atoms with Crippen LogP contribution in [0.2, 0.25) is 5.28 Å². The van der Waals surface area contributed by atoms with Crippen LogP contribution in [-0.2, 0) is 6.54 Å². The lowest BCUT2D eigenvalue weighted by Gasteiger charge is -2.05. The molecular weight excluding hydrogens is 390 g/mol. The summed E-state index contributed by atoms with van der Waals surface area (Å²) in [5.41, 5.74) is 6.20. The van der Waals surface area contributed by atoms with Crippen LogP contribution in [0.3, 0.4) is 0 Å². The van der Waals surface area contributed by atoms with Gasteiger partial charge in [0.25, 0.3) is 0 Å². The van der Waals surface area contributed by atoms with Gasteiger partial charge in [0.05, 0.1) is 19.1 Å². The van der Waals surface area contributed by atoms with E-state index in [0.29, 0.717) is 22.7 Å². The highest BCUT2D eigenvalue weighted by Gasteiger charge is 2.15. The van der Waals surface area contributed by atoms with Gasteiger partial charge in [-0.2, -0.15) is 15.1 Å². The largest absolute Gasteiger partial charge is 0.307 e. The highest BCUT2D eigenvalue weighted by molar-refractivity contribution is 6.28. The fourth-order valence-corrected chi connectivity index (χ4v) is 2.96. The minimum absolute atomic E-state index is 0.0257. The SMILES string of the molecule is Cc1cccc(/C=N/Nc2nc(Cl)nc3c2ncn3CC(=O)c2ccccn2)c1. The number of imidazole rings is 1. The Kier molecular flexibility index (Phi) is 5.26. The number of Topliss-reactive ketones (excluding diaryl/α,β-unsaturated/α-hetero) is 1. The van der Waals surface area contributed by atoms with Crippen molar-refractivity contribution in [2.24, 2.45) is 5.10 Å². The number of nitrogens with zero attached hydrogens (tertiary/aromatic N) is 6. The Morgan fingerprint density at radius 2 is 2.10 bits per heavy atom. The van der Waals surface area contributed by atoms with E-state index < -0.39 is 0 Å². The summed E-state index contributed by atoms with van der Waals surface area (Å²) in [4.78, 5) is 29.2. The summed E-state index contributed by atoms with van der Waals surface area (Å²) < 4.78 is 1.61. The summed E-state index contributed by atoms with van der Waals surface area (Å²) in [6.45, 7) is 2.05. The van der Waals surface area contributed by atoms with Crippen LogP contribution in [-0.4, -0.2) is 36.5 Å². The topological polar surface area (TPSA) is 98.0 Å². The molecule has 0 amide bonds. The molecular formula is C20H16ClN7O. The number of aryl methyl sites for hydroxylation is 1. The van der Waals surface area contributed by atoms with Crippen molar-refractivity contribution in [2.45, 2.75) is 13.5 Å². The zero-order valence-corrected chi connectivity index (χ0v) is 16.2. The summed E-state index contributed by atoms with van der Waals surface area (Å²) in [6.07, 6.45) is 4.77. The first-order valence-corrected chi connectivity index (χ1v) is 9.16. The molecule has 3 aromatic heterocycles. The van der Waals surface area contributed by atoms with E-state index >= 15 is 0 Å². The third kappa shape index (κ3) is 4.27. The van der Waals surface area contributed by atoms with Crippen molar-refractivity contribution in [3.05, 3.63) is 77.1 Å². The van der Waals surface area contributed by atoms with Crippen LogP contribution >= 0.6 is 11.6 Å². The minimum Gasteiger partial charge on any atom is -0.307 e. The van der Waals surface area contributed by atoms with Gasteiger partial charge in [-0.15, -0.1) is 0 Å². The number of benzene rings is 1. The number of hydrogen-bond acceptors (Lipinski definition) is 7. The molecule has 0 fully saturated rings. The first-order chi connectivity index (χ1) is 14.1. The molecule has 0 saturated heterocycles. The molecule has 0 atom stereocenters. The highest BCUT2D eigenvalue weighted by atomic mass is 35.5. The Morgan fingerprint density at radius 1 is 1.21 bits per heavy atom. The number of fused-ring (bicyclic) bond motifs is 1. The molecule has 0 saturated carbocycles. The Balaban J connectivity index is 1.59. The predicted octanol–water partition coefficient (Wildman–Crippen LogP) is 3.51. The number of pyridine rings is 1. The maximum absolute atomic E-state index is 12.5. The van der Waals surface area contributed by atoms with E-state index in [1.807, 2.05) is 31.2 Å². The number of hydrazone groups is 1. The second-order valence-corrected chi connectivity index (χ2v) is 6.65. The standard InChI is InChI=1S/C20H16ClN7O/c1-13-5-4-6-14(9-13)10-24-27-18-17-19(26-20(21)25-18)28(12-23-17)11-16(29)15-7-2-3-8-22-15/h2-10,12H,11H2,1H3,(H,25,26,27)/b24-10+. The molecule has 8 nitrogen and oxygen atoms in total. The molecule has 4 rings (SSSR count). The van der Waals surface area contributed by atoms with Crippen LogP contribution < -0.4 is 5.43 Å². The van der Waals surface area contributed by atoms with Gasteiger partial charge in [-0.25, -0.2) is 4.98 Å². The summed E-state index contributed by atoms with van der Waals surface area (Å²) in [5.74, 6) is 0.194. The molecule has 0 aliphatic carbocycles. The number of nitrogens with one attached hydrogen (secondary N) is 1. The molecule has 0 aliphatic rings. The van der Waals surface area contributed by atoms with E-state index in [9.17, 15) is 4.79 Å². The van der Waals surface area contributed by atoms with Crippen molar-refractivity contribution >= 4 is 40.6 Å². The van der Waals surface area contributed by atoms with Gasteiger partial charge >= 0.3 is 0 Å². The number of rotatable bonds is 6. The predicted molar refractivity (Wildman–Crippen MR) is 111 cm³/mol. The number of hydrogen-bond donors (Lipinski definition) is 1. The summed E-state index contributed by atoms with van der Waals surface area (Å²) in [6, 6.07) is 13.1. The van der Waals surface area contributed by atoms with Crippen molar-refractivity contribution in [1.82, 2.24) is 24.5 Å². The van der Waals surface area contributed by atoms with Gasteiger partial charge in [0.1, 0.15) is 5.69 Å². The normalized spacial score (nSPS) is 11.2. The Bertz CT molecular complexity index is 1200. The molecule has 1 aromatic carbocycles. The maximum atomic E-state index is 12.5. The lowest BCUT2D eigenvalue weighted by molar-refractivity contribution is 0.0968. The second-order valence-electron chi connectivity index (χ2n) is 6.31. The fourth-order valence-electron chi connectivity index (χ4n) is 2.79. The molecule has 1 N–H and O–H groups in total. The van der Waals surface area contributed by atoms with E-state index in [4.69, 9.17) is 11.6 Å². The van der Waals surface area contributed by atoms with Gasteiger partial charge in [-0.3, -0.25) is 15.2 Å². The van der Waals surface area contributed by atoms with E-state index in [2.05, 4.69) is 30.5 Å². The van der Waals surface area contributed by atoms with Crippen molar-refractivity contribution < 1.29 is 4.79 Å². The quantitative estimate of drug-likeness (QED) is 0.228. The zero-order chi connectivity index (χ0) is 20.2. The van der Waals surface area contributed by atoms with Gasteiger partial charge in [0, 0.05) is 6.20 Å². The highest BCUT2D eigenvalue weighted by Crippen LogP contribution is 2.21. The van der Waals surface area contributed by atoms with Crippen LogP contribution in [0, 0.1) is 6.92 Å². The average Bonchev–Trinajstić information content (AvgIpc) is 3.11. The fraction of sp³-hybridized carbons (Fsp3) is 0.100. The molecule has 4 aromatic rings. The number of anilines is 1. The third-order valence-electron chi connectivity index (χ3n) is 4.13. The van der Waals surface area contributed by atoms with Crippen LogP contribution in [0.4, 0.5) is 5.82 Å². The molecule has 0 spiro atoms. The Hall–Kier alpha value is -3.65. The third-order valence-corrected chi connectivity index (χ3v) is 4.30. The molecule has 0 bridgehead atoms. The monoisotopic (exact) mass is 405 g/mol. The molecule has 29 heavy (non-hydrogen) atoms. The lowest BCUT2D eigenvalue weighted by atomic mass is 10.2. The van der Waals surface area contributed by atoms with Crippen LogP contribution in [0.15, 0.2) is 60.1 Å². The summed E-state index contributed by atoms with van der Waals surface area (Å²) >= 11 is 6.07. The Labute approximate surface area is 171 Å². The van der Waals surface area contributed by atoms with Crippen LogP contribution in [0.5, 0.6) is 0 Å². The lowest BCUT2D eigenvalue weighted by Crippen LogP contribution is -2.11. The van der Waals surface area contributed by atoms with Gasteiger partial charge in [-0.05, 0) is 36.2 Å².